The van der Waals surface area contributed by atoms with Crippen LogP contribution >= 0.6 is 15.9 Å². The summed E-state index contributed by atoms with van der Waals surface area (Å²) in [4.78, 5) is 11.0. The van der Waals surface area contributed by atoms with Crippen molar-refractivity contribution in [3.63, 3.8) is 0 Å². The van der Waals surface area contributed by atoms with Gasteiger partial charge in [-0.05, 0) is 22.0 Å². The largest absolute Gasteiger partial charge is 0.395 e. The third-order valence-corrected chi connectivity index (χ3v) is 1.76. The summed E-state index contributed by atoms with van der Waals surface area (Å²) in [6.07, 6.45) is 1.65. The second kappa shape index (κ2) is 3.69. The van der Waals surface area contributed by atoms with Crippen molar-refractivity contribution in [3.05, 3.63) is 33.2 Å². The van der Waals surface area contributed by atoms with E-state index in [1.54, 1.807) is 12.3 Å². The minimum absolute atomic E-state index is 0.0175. The Labute approximate surface area is 72.4 Å². The molecule has 0 amide bonds. The summed E-state index contributed by atoms with van der Waals surface area (Å²) < 4.78 is 2.29. The van der Waals surface area contributed by atoms with E-state index < -0.39 is 0 Å². The smallest absolute Gasteiger partial charge is 0.250 e. The van der Waals surface area contributed by atoms with E-state index in [4.69, 9.17) is 5.11 Å². The molecule has 0 fully saturated rings. The topological polar surface area (TPSA) is 42.2 Å². The molecule has 0 saturated carbocycles. The number of aromatic nitrogens is 1. The lowest BCUT2D eigenvalue weighted by atomic mass is 10.5. The Morgan fingerprint density at radius 3 is 2.91 bits per heavy atom. The molecular formula is C7H8BrNO2. The highest BCUT2D eigenvalue weighted by Gasteiger charge is 1.93. The van der Waals surface area contributed by atoms with Crippen LogP contribution in [0.4, 0.5) is 0 Å². The Kier molecular flexibility index (Phi) is 2.84. The highest BCUT2D eigenvalue weighted by molar-refractivity contribution is 9.10. The van der Waals surface area contributed by atoms with Crippen molar-refractivity contribution < 1.29 is 5.11 Å². The predicted octanol–water partition coefficient (Wildman–Crippen LogP) is 0.603. The van der Waals surface area contributed by atoms with Gasteiger partial charge in [-0.15, -0.1) is 0 Å². The third kappa shape index (κ3) is 2.17. The van der Waals surface area contributed by atoms with Gasteiger partial charge < -0.3 is 9.67 Å². The third-order valence-electron chi connectivity index (χ3n) is 1.29. The maximum Gasteiger partial charge on any atom is 0.250 e. The van der Waals surface area contributed by atoms with Crippen molar-refractivity contribution in [3.8, 4) is 0 Å². The number of pyridine rings is 1. The van der Waals surface area contributed by atoms with Crippen LogP contribution in [0.3, 0.4) is 0 Å². The summed E-state index contributed by atoms with van der Waals surface area (Å²) in [6, 6.07) is 3.13. The molecule has 60 valence electrons. The standard InChI is InChI=1S/C7H8BrNO2/c8-6-1-2-7(11)9(5-6)3-4-10/h1-2,5,10H,3-4H2. The lowest BCUT2D eigenvalue weighted by molar-refractivity contribution is 0.274. The van der Waals surface area contributed by atoms with Gasteiger partial charge in [0.2, 0.25) is 0 Å². The van der Waals surface area contributed by atoms with Crippen molar-refractivity contribution in [1.29, 1.82) is 0 Å². The molecule has 0 atom stereocenters. The molecule has 0 aliphatic carbocycles. The summed E-state index contributed by atoms with van der Waals surface area (Å²) >= 11 is 3.22. The monoisotopic (exact) mass is 217 g/mol. The summed E-state index contributed by atoms with van der Waals surface area (Å²) in [5.41, 5.74) is -0.0951. The minimum atomic E-state index is -0.0951. The first-order valence-electron chi connectivity index (χ1n) is 3.21. The zero-order chi connectivity index (χ0) is 8.27. The van der Waals surface area contributed by atoms with E-state index in [1.165, 1.54) is 10.6 Å². The second-order valence-electron chi connectivity index (χ2n) is 2.10. The molecule has 0 saturated heterocycles. The first-order valence-corrected chi connectivity index (χ1v) is 4.00. The lowest BCUT2D eigenvalue weighted by Gasteiger charge is -2.01. The molecule has 1 aromatic rings. The van der Waals surface area contributed by atoms with E-state index in [0.29, 0.717) is 6.54 Å². The normalized spacial score (nSPS) is 10.0. The van der Waals surface area contributed by atoms with E-state index in [9.17, 15) is 4.79 Å². The fraction of sp³-hybridized carbons (Fsp3) is 0.286. The van der Waals surface area contributed by atoms with E-state index in [2.05, 4.69) is 15.9 Å². The van der Waals surface area contributed by atoms with Gasteiger partial charge >= 0.3 is 0 Å². The quantitative estimate of drug-likeness (QED) is 0.789. The Morgan fingerprint density at radius 2 is 2.27 bits per heavy atom. The number of hydrogen-bond acceptors (Lipinski definition) is 2. The number of halogens is 1. The number of hydrogen-bond donors (Lipinski definition) is 1. The summed E-state index contributed by atoms with van der Waals surface area (Å²) in [7, 11) is 0. The number of nitrogens with zero attached hydrogens (tertiary/aromatic N) is 1. The molecule has 1 heterocycles. The molecule has 4 heteroatoms. The van der Waals surface area contributed by atoms with Crippen molar-refractivity contribution in [2.24, 2.45) is 0 Å². The van der Waals surface area contributed by atoms with Gasteiger partial charge in [0.15, 0.2) is 0 Å². The van der Waals surface area contributed by atoms with E-state index in [0.717, 1.165) is 4.47 Å². The zero-order valence-corrected chi connectivity index (χ0v) is 7.41. The van der Waals surface area contributed by atoms with Crippen LogP contribution in [0.5, 0.6) is 0 Å². The van der Waals surface area contributed by atoms with Crippen molar-refractivity contribution in [2.75, 3.05) is 6.61 Å². The van der Waals surface area contributed by atoms with Gasteiger partial charge in [0.1, 0.15) is 0 Å². The molecule has 0 bridgehead atoms. The van der Waals surface area contributed by atoms with Crippen molar-refractivity contribution in [1.82, 2.24) is 4.57 Å². The highest BCUT2D eigenvalue weighted by Crippen LogP contribution is 2.04. The molecule has 0 spiro atoms. The van der Waals surface area contributed by atoms with Gasteiger partial charge in [-0.1, -0.05) is 0 Å². The molecule has 3 nitrogen and oxygen atoms in total. The van der Waals surface area contributed by atoms with Gasteiger partial charge in [0.05, 0.1) is 6.61 Å². The van der Waals surface area contributed by atoms with E-state index in [1.807, 2.05) is 0 Å². The average molecular weight is 218 g/mol. The molecule has 1 N–H and O–H groups in total. The Morgan fingerprint density at radius 1 is 1.55 bits per heavy atom. The first kappa shape index (κ1) is 8.49. The fourth-order valence-electron chi connectivity index (χ4n) is 0.785. The van der Waals surface area contributed by atoms with Gasteiger partial charge in [-0.25, -0.2) is 0 Å². The van der Waals surface area contributed by atoms with Crippen LogP contribution in [0.25, 0.3) is 0 Å². The van der Waals surface area contributed by atoms with Crippen LogP contribution in [0.15, 0.2) is 27.6 Å². The Balaban J connectivity index is 3.03. The van der Waals surface area contributed by atoms with E-state index >= 15 is 0 Å². The highest BCUT2D eigenvalue weighted by atomic mass is 79.9. The summed E-state index contributed by atoms with van der Waals surface area (Å²) in [5, 5.41) is 8.56. The van der Waals surface area contributed by atoms with Gasteiger partial charge in [0.25, 0.3) is 5.56 Å². The van der Waals surface area contributed by atoms with Crippen LogP contribution in [-0.4, -0.2) is 16.3 Å². The molecule has 11 heavy (non-hydrogen) atoms. The van der Waals surface area contributed by atoms with Crippen LogP contribution in [-0.2, 0) is 6.54 Å². The molecule has 0 unspecified atom stereocenters. The fourth-order valence-corrected chi connectivity index (χ4v) is 1.16. The molecule has 0 radical (unpaired) electrons. The second-order valence-corrected chi connectivity index (χ2v) is 3.02. The number of aliphatic hydroxyl groups is 1. The van der Waals surface area contributed by atoms with Crippen LogP contribution < -0.4 is 5.56 Å². The first-order chi connectivity index (χ1) is 5.24. The number of rotatable bonds is 2. The van der Waals surface area contributed by atoms with Gasteiger partial charge in [-0.2, -0.15) is 0 Å². The van der Waals surface area contributed by atoms with Crippen LogP contribution in [0, 0.1) is 0 Å². The predicted molar refractivity (Wildman–Crippen MR) is 45.5 cm³/mol. The Bertz CT molecular complexity index is 295. The van der Waals surface area contributed by atoms with Crippen molar-refractivity contribution >= 4 is 15.9 Å². The Hall–Kier alpha value is -0.610. The molecule has 1 aromatic heterocycles. The van der Waals surface area contributed by atoms with Gasteiger partial charge in [-0.3, -0.25) is 4.79 Å². The summed E-state index contributed by atoms with van der Waals surface area (Å²) in [6.45, 7) is 0.328. The molecule has 1 rings (SSSR count). The minimum Gasteiger partial charge on any atom is -0.395 e. The number of aliphatic hydroxyl groups excluding tert-OH is 1. The molecule has 0 aromatic carbocycles. The lowest BCUT2D eigenvalue weighted by Crippen LogP contribution is -2.19. The molecular weight excluding hydrogens is 210 g/mol. The summed E-state index contributed by atoms with van der Waals surface area (Å²) in [5.74, 6) is 0. The maximum absolute atomic E-state index is 11.0. The molecule has 0 aliphatic rings. The van der Waals surface area contributed by atoms with Crippen LogP contribution in [0.2, 0.25) is 0 Å². The van der Waals surface area contributed by atoms with E-state index in [-0.39, 0.29) is 12.2 Å². The zero-order valence-electron chi connectivity index (χ0n) is 5.83. The average Bonchev–Trinajstić information content (AvgIpc) is 1.98. The van der Waals surface area contributed by atoms with Gasteiger partial charge in [0, 0.05) is 23.3 Å². The SMILES string of the molecule is O=c1ccc(Br)cn1CCO. The molecule has 0 aliphatic heterocycles. The maximum atomic E-state index is 11.0. The van der Waals surface area contributed by atoms with Crippen molar-refractivity contribution in [2.45, 2.75) is 6.54 Å². The van der Waals surface area contributed by atoms with Crippen LogP contribution in [0.1, 0.15) is 0 Å².